The molecule has 1 aromatic carbocycles. The molecule has 0 amide bonds. The fraction of sp³-hybridized carbons (Fsp3) is 0.429. The van der Waals surface area contributed by atoms with Crippen molar-refractivity contribution in [2.45, 2.75) is 26.8 Å². The second kappa shape index (κ2) is 8.37. The molecule has 90 valence electrons. The van der Waals surface area contributed by atoms with E-state index < -0.39 is 0 Å². The van der Waals surface area contributed by atoms with Gasteiger partial charge >= 0.3 is 0 Å². The van der Waals surface area contributed by atoms with Crippen molar-refractivity contribution in [3.05, 3.63) is 48.0 Å². The van der Waals surface area contributed by atoms with Gasteiger partial charge in [0.05, 0.1) is 0 Å². The molecule has 1 aromatic rings. The first-order valence-electron chi connectivity index (χ1n) is 5.62. The smallest absolute Gasteiger partial charge is 0.0208 e. The Balaban J connectivity index is 0.00000225. The van der Waals surface area contributed by atoms with Gasteiger partial charge in [0.15, 0.2) is 0 Å². The van der Waals surface area contributed by atoms with E-state index >= 15 is 0 Å². The maximum absolute atomic E-state index is 3.68. The van der Waals surface area contributed by atoms with E-state index in [0.29, 0.717) is 0 Å². The van der Waals surface area contributed by atoms with Crippen molar-refractivity contribution >= 4 is 12.4 Å². The highest BCUT2D eigenvalue weighted by Crippen LogP contribution is 2.09. The number of benzene rings is 1. The van der Waals surface area contributed by atoms with Gasteiger partial charge < -0.3 is 5.32 Å². The molecule has 0 fully saturated rings. The number of halogens is 1. The van der Waals surface area contributed by atoms with Gasteiger partial charge in [0, 0.05) is 13.1 Å². The number of rotatable bonds is 6. The molecule has 1 N–H and O–H groups in total. The van der Waals surface area contributed by atoms with Crippen LogP contribution in [0.3, 0.4) is 0 Å². The molecular weight excluding hydrogens is 218 g/mol. The summed E-state index contributed by atoms with van der Waals surface area (Å²) in [6, 6.07) is 8.86. The predicted molar refractivity (Wildman–Crippen MR) is 74.1 cm³/mol. The van der Waals surface area contributed by atoms with E-state index in [9.17, 15) is 0 Å². The first-order valence-corrected chi connectivity index (χ1v) is 5.62. The Labute approximate surface area is 105 Å². The lowest BCUT2D eigenvalue weighted by Gasteiger charge is -2.06. The standard InChI is InChI=1S/C14H21N.ClH/c1-4-9-15-11-14-7-5-13(6-8-14)10-12(2)3;/h4-8,12,15H,1,9-11H2,2-3H3;1H. The van der Waals surface area contributed by atoms with Crippen molar-refractivity contribution in [3.8, 4) is 0 Å². The molecule has 2 heteroatoms. The monoisotopic (exact) mass is 239 g/mol. The fourth-order valence-electron chi connectivity index (χ4n) is 1.58. The zero-order valence-electron chi connectivity index (χ0n) is 10.2. The van der Waals surface area contributed by atoms with Crippen molar-refractivity contribution < 1.29 is 0 Å². The molecule has 0 bridgehead atoms. The molecular formula is C14H22ClN. The van der Waals surface area contributed by atoms with Gasteiger partial charge in [-0.25, -0.2) is 0 Å². The van der Waals surface area contributed by atoms with Gasteiger partial charge in [0.2, 0.25) is 0 Å². The molecule has 0 saturated carbocycles. The Kier molecular flexibility index (Phi) is 7.96. The molecule has 0 unspecified atom stereocenters. The summed E-state index contributed by atoms with van der Waals surface area (Å²) >= 11 is 0. The van der Waals surface area contributed by atoms with Crippen LogP contribution in [0.1, 0.15) is 25.0 Å². The number of hydrogen-bond acceptors (Lipinski definition) is 1. The van der Waals surface area contributed by atoms with Crippen LogP contribution in [0.5, 0.6) is 0 Å². The first-order chi connectivity index (χ1) is 7.22. The van der Waals surface area contributed by atoms with E-state index in [4.69, 9.17) is 0 Å². The van der Waals surface area contributed by atoms with Crippen molar-refractivity contribution in [2.75, 3.05) is 6.54 Å². The summed E-state index contributed by atoms with van der Waals surface area (Å²) in [5.41, 5.74) is 2.77. The predicted octanol–water partition coefficient (Wildman–Crippen LogP) is 3.58. The van der Waals surface area contributed by atoms with Crippen LogP contribution in [-0.2, 0) is 13.0 Å². The lowest BCUT2D eigenvalue weighted by atomic mass is 10.0. The van der Waals surface area contributed by atoms with Crippen LogP contribution in [0.2, 0.25) is 0 Å². The maximum atomic E-state index is 3.68. The third-order valence-corrected chi connectivity index (χ3v) is 2.28. The third-order valence-electron chi connectivity index (χ3n) is 2.28. The number of nitrogens with one attached hydrogen (secondary N) is 1. The summed E-state index contributed by atoms with van der Waals surface area (Å²) in [5, 5.41) is 3.29. The molecule has 1 nitrogen and oxygen atoms in total. The van der Waals surface area contributed by atoms with Gasteiger partial charge in [-0.05, 0) is 23.5 Å². The molecule has 0 radical (unpaired) electrons. The summed E-state index contributed by atoms with van der Waals surface area (Å²) in [6.45, 7) is 9.97. The van der Waals surface area contributed by atoms with Gasteiger partial charge in [0.1, 0.15) is 0 Å². The summed E-state index contributed by atoms with van der Waals surface area (Å²) in [6.07, 6.45) is 3.05. The molecule has 0 spiro atoms. The van der Waals surface area contributed by atoms with Crippen LogP contribution >= 0.6 is 12.4 Å². The lowest BCUT2D eigenvalue weighted by Crippen LogP contribution is -2.12. The maximum Gasteiger partial charge on any atom is 0.0208 e. The second-order valence-electron chi connectivity index (χ2n) is 4.33. The Morgan fingerprint density at radius 3 is 2.25 bits per heavy atom. The molecule has 0 aliphatic carbocycles. The van der Waals surface area contributed by atoms with Crippen molar-refractivity contribution in [1.29, 1.82) is 0 Å². The van der Waals surface area contributed by atoms with E-state index in [2.05, 4.69) is 50.0 Å². The molecule has 1 rings (SSSR count). The normalized spacial score (nSPS) is 9.94. The van der Waals surface area contributed by atoms with E-state index in [1.165, 1.54) is 17.5 Å². The molecule has 0 heterocycles. The van der Waals surface area contributed by atoms with E-state index in [1.54, 1.807) is 0 Å². The van der Waals surface area contributed by atoms with Crippen LogP contribution in [0, 0.1) is 5.92 Å². The molecule has 16 heavy (non-hydrogen) atoms. The topological polar surface area (TPSA) is 12.0 Å². The zero-order chi connectivity index (χ0) is 11.1. The molecule has 0 saturated heterocycles. The Hall–Kier alpha value is -0.790. The second-order valence-corrected chi connectivity index (χ2v) is 4.33. The summed E-state index contributed by atoms with van der Waals surface area (Å²) in [5.74, 6) is 0.731. The average molecular weight is 240 g/mol. The fourth-order valence-corrected chi connectivity index (χ4v) is 1.58. The van der Waals surface area contributed by atoms with Crippen LogP contribution in [0.25, 0.3) is 0 Å². The van der Waals surface area contributed by atoms with Crippen LogP contribution < -0.4 is 5.32 Å². The van der Waals surface area contributed by atoms with Crippen LogP contribution in [-0.4, -0.2) is 6.54 Å². The minimum absolute atomic E-state index is 0. The largest absolute Gasteiger partial charge is 0.309 e. The lowest BCUT2D eigenvalue weighted by molar-refractivity contribution is 0.647. The highest BCUT2D eigenvalue weighted by molar-refractivity contribution is 5.85. The zero-order valence-corrected chi connectivity index (χ0v) is 11.0. The van der Waals surface area contributed by atoms with Gasteiger partial charge in [-0.15, -0.1) is 19.0 Å². The van der Waals surface area contributed by atoms with Gasteiger partial charge in [-0.3, -0.25) is 0 Å². The molecule has 0 aliphatic heterocycles. The van der Waals surface area contributed by atoms with Crippen LogP contribution in [0.15, 0.2) is 36.9 Å². The minimum Gasteiger partial charge on any atom is -0.309 e. The van der Waals surface area contributed by atoms with E-state index in [1.807, 2.05) is 6.08 Å². The number of hydrogen-bond donors (Lipinski definition) is 1. The third kappa shape index (κ3) is 5.94. The molecule has 0 aliphatic rings. The Morgan fingerprint density at radius 2 is 1.75 bits per heavy atom. The van der Waals surface area contributed by atoms with E-state index in [-0.39, 0.29) is 12.4 Å². The average Bonchev–Trinajstić information content (AvgIpc) is 2.20. The van der Waals surface area contributed by atoms with Gasteiger partial charge in [-0.2, -0.15) is 0 Å². The highest BCUT2D eigenvalue weighted by atomic mass is 35.5. The van der Waals surface area contributed by atoms with Gasteiger partial charge in [-0.1, -0.05) is 44.2 Å². The van der Waals surface area contributed by atoms with E-state index in [0.717, 1.165) is 19.0 Å². The van der Waals surface area contributed by atoms with Crippen molar-refractivity contribution in [3.63, 3.8) is 0 Å². The van der Waals surface area contributed by atoms with Crippen molar-refractivity contribution in [1.82, 2.24) is 5.32 Å². The quantitative estimate of drug-likeness (QED) is 0.591. The minimum atomic E-state index is 0. The highest BCUT2D eigenvalue weighted by Gasteiger charge is 1.97. The Morgan fingerprint density at radius 1 is 1.19 bits per heavy atom. The summed E-state index contributed by atoms with van der Waals surface area (Å²) in [4.78, 5) is 0. The first kappa shape index (κ1) is 15.2. The van der Waals surface area contributed by atoms with Crippen LogP contribution in [0.4, 0.5) is 0 Å². The SMILES string of the molecule is C=CCNCc1ccc(CC(C)C)cc1.Cl. The van der Waals surface area contributed by atoms with Crippen molar-refractivity contribution in [2.24, 2.45) is 5.92 Å². The van der Waals surface area contributed by atoms with Gasteiger partial charge in [0.25, 0.3) is 0 Å². The molecule has 0 aromatic heterocycles. The molecule has 0 atom stereocenters. The summed E-state index contributed by atoms with van der Waals surface area (Å²) < 4.78 is 0. The summed E-state index contributed by atoms with van der Waals surface area (Å²) in [7, 11) is 0. The Bertz CT molecular complexity index is 290.